The fraction of sp³-hybridized carbons (Fsp3) is 0.235. The minimum absolute atomic E-state index is 0.149. The number of rotatable bonds is 4. The Morgan fingerprint density at radius 1 is 1.10 bits per heavy atom. The molecule has 0 amide bonds. The molecule has 0 aliphatic heterocycles. The van der Waals surface area contributed by atoms with Gasteiger partial charge in [0.15, 0.2) is 0 Å². The Bertz CT molecular complexity index is 677. The molecular weight excluding hydrogens is 252 g/mol. The Labute approximate surface area is 117 Å². The zero-order chi connectivity index (χ0) is 14.4. The molecule has 0 radical (unpaired) electrons. The van der Waals surface area contributed by atoms with Crippen LogP contribution in [-0.2, 0) is 11.2 Å². The molecule has 0 spiro atoms. The van der Waals surface area contributed by atoms with Crippen molar-refractivity contribution >= 4 is 16.7 Å². The predicted molar refractivity (Wildman–Crippen MR) is 78.6 cm³/mol. The number of carbonyl (C=O) groups is 1. The molecule has 2 aromatic carbocycles. The minimum atomic E-state index is -0.793. The average molecular weight is 268 g/mol. The third-order valence-electron chi connectivity index (χ3n) is 3.08. The van der Waals surface area contributed by atoms with Crippen molar-refractivity contribution in [3.63, 3.8) is 0 Å². The Morgan fingerprint density at radius 2 is 1.90 bits per heavy atom. The first-order valence-electron chi connectivity index (χ1n) is 6.55. The minimum Gasteiger partial charge on any atom is -0.507 e. The molecule has 0 saturated heterocycles. The first-order valence-corrected chi connectivity index (χ1v) is 6.55. The summed E-state index contributed by atoms with van der Waals surface area (Å²) in [5.41, 5.74) is 0.800. The maximum Gasteiger partial charge on any atom is 0.303 e. The lowest BCUT2D eigenvalue weighted by molar-refractivity contribution is -0.137. The number of aromatic hydroxyl groups is 1. The second kappa shape index (κ2) is 6.63. The normalized spacial score (nSPS) is 10.0. The van der Waals surface area contributed by atoms with E-state index in [2.05, 4.69) is 11.8 Å². The van der Waals surface area contributed by atoms with E-state index in [1.54, 1.807) is 0 Å². The van der Waals surface area contributed by atoms with Gasteiger partial charge in [-0.1, -0.05) is 42.3 Å². The summed E-state index contributed by atoms with van der Waals surface area (Å²) in [6.07, 6.45) is 1.76. The van der Waals surface area contributed by atoms with Crippen LogP contribution < -0.4 is 0 Å². The number of aliphatic carboxylic acids is 1. The maximum atomic E-state index is 10.3. The Kier molecular flexibility index (Phi) is 4.62. The van der Waals surface area contributed by atoms with Crippen LogP contribution in [0, 0.1) is 11.8 Å². The summed E-state index contributed by atoms with van der Waals surface area (Å²) in [6, 6.07) is 11.5. The SMILES string of the molecule is O=C(O)CCCC#CCc1ccc2ccccc2c1O. The molecule has 0 aliphatic carbocycles. The van der Waals surface area contributed by atoms with E-state index in [4.69, 9.17) is 5.11 Å². The lowest BCUT2D eigenvalue weighted by Gasteiger charge is -2.05. The molecule has 3 nitrogen and oxygen atoms in total. The number of carboxylic acid groups (broad SMARTS) is 1. The van der Waals surface area contributed by atoms with Gasteiger partial charge in [-0.2, -0.15) is 0 Å². The standard InChI is InChI=1S/C17H16O3/c18-16(19)10-4-2-1-3-8-14-12-11-13-7-5-6-9-15(13)17(14)20/h5-7,9,11-12,20H,2,4,8,10H2,(H,18,19). The molecule has 20 heavy (non-hydrogen) atoms. The summed E-state index contributed by atoms with van der Waals surface area (Å²) in [5.74, 6) is 5.41. The second-order valence-corrected chi connectivity index (χ2v) is 4.57. The third-order valence-corrected chi connectivity index (χ3v) is 3.08. The van der Waals surface area contributed by atoms with Crippen LogP contribution in [0.3, 0.4) is 0 Å². The van der Waals surface area contributed by atoms with E-state index in [9.17, 15) is 9.90 Å². The molecule has 2 rings (SSSR count). The first kappa shape index (κ1) is 14.0. The van der Waals surface area contributed by atoms with Crippen molar-refractivity contribution in [1.82, 2.24) is 0 Å². The quantitative estimate of drug-likeness (QED) is 0.660. The summed E-state index contributed by atoms with van der Waals surface area (Å²) >= 11 is 0. The topological polar surface area (TPSA) is 57.5 Å². The molecule has 0 bridgehead atoms. The van der Waals surface area contributed by atoms with Crippen molar-refractivity contribution in [3.8, 4) is 17.6 Å². The molecular formula is C17H16O3. The van der Waals surface area contributed by atoms with Crippen LogP contribution in [0.25, 0.3) is 10.8 Å². The third kappa shape index (κ3) is 3.52. The molecule has 0 unspecified atom stereocenters. The van der Waals surface area contributed by atoms with E-state index >= 15 is 0 Å². The number of unbranched alkanes of at least 4 members (excludes halogenated alkanes) is 1. The van der Waals surface area contributed by atoms with Crippen LogP contribution in [0.4, 0.5) is 0 Å². The van der Waals surface area contributed by atoms with E-state index in [-0.39, 0.29) is 12.2 Å². The largest absolute Gasteiger partial charge is 0.507 e. The van der Waals surface area contributed by atoms with Gasteiger partial charge in [0.25, 0.3) is 0 Å². The molecule has 0 aromatic heterocycles. The molecule has 0 fully saturated rings. The number of carboxylic acids is 1. The van der Waals surface area contributed by atoms with Crippen LogP contribution in [0.15, 0.2) is 36.4 Å². The van der Waals surface area contributed by atoms with E-state index < -0.39 is 5.97 Å². The van der Waals surface area contributed by atoms with Crippen LogP contribution in [0.1, 0.15) is 24.8 Å². The zero-order valence-corrected chi connectivity index (χ0v) is 11.1. The van der Waals surface area contributed by atoms with Crippen molar-refractivity contribution in [2.24, 2.45) is 0 Å². The molecule has 0 atom stereocenters. The van der Waals surface area contributed by atoms with Gasteiger partial charge in [-0.05, 0) is 11.8 Å². The summed E-state index contributed by atoms with van der Waals surface area (Å²) in [6.45, 7) is 0. The maximum absolute atomic E-state index is 10.3. The fourth-order valence-corrected chi connectivity index (χ4v) is 2.02. The average Bonchev–Trinajstić information content (AvgIpc) is 2.45. The first-order chi connectivity index (χ1) is 9.68. The Hall–Kier alpha value is -2.47. The van der Waals surface area contributed by atoms with E-state index in [0.717, 1.165) is 16.3 Å². The predicted octanol–water partition coefficient (Wildman–Crippen LogP) is 3.35. The van der Waals surface area contributed by atoms with Gasteiger partial charge in [-0.3, -0.25) is 4.79 Å². The molecule has 0 aliphatic rings. The molecule has 2 aromatic rings. The van der Waals surface area contributed by atoms with Crippen molar-refractivity contribution in [2.45, 2.75) is 25.7 Å². The van der Waals surface area contributed by atoms with Crippen LogP contribution in [-0.4, -0.2) is 16.2 Å². The summed E-state index contributed by atoms with van der Waals surface area (Å²) in [7, 11) is 0. The number of phenolic OH excluding ortho intramolecular Hbond substituents is 1. The number of fused-ring (bicyclic) bond motifs is 1. The lowest BCUT2D eigenvalue weighted by atomic mass is 10.0. The highest BCUT2D eigenvalue weighted by atomic mass is 16.4. The highest BCUT2D eigenvalue weighted by Crippen LogP contribution is 2.28. The fourth-order valence-electron chi connectivity index (χ4n) is 2.02. The van der Waals surface area contributed by atoms with Gasteiger partial charge in [0, 0.05) is 30.2 Å². The number of hydrogen-bond acceptors (Lipinski definition) is 2. The molecule has 2 N–H and O–H groups in total. The Balaban J connectivity index is 2.02. The number of hydrogen-bond donors (Lipinski definition) is 2. The van der Waals surface area contributed by atoms with Crippen LogP contribution >= 0.6 is 0 Å². The van der Waals surface area contributed by atoms with Gasteiger partial charge in [0.05, 0.1) is 0 Å². The van der Waals surface area contributed by atoms with Crippen molar-refractivity contribution in [2.75, 3.05) is 0 Å². The lowest BCUT2D eigenvalue weighted by Crippen LogP contribution is -1.92. The van der Waals surface area contributed by atoms with Crippen LogP contribution in [0.2, 0.25) is 0 Å². The Morgan fingerprint density at radius 3 is 2.70 bits per heavy atom. The molecule has 0 heterocycles. The highest BCUT2D eigenvalue weighted by Gasteiger charge is 2.04. The highest BCUT2D eigenvalue weighted by molar-refractivity contribution is 5.89. The monoisotopic (exact) mass is 268 g/mol. The summed E-state index contributed by atoms with van der Waals surface area (Å²) in [4.78, 5) is 10.3. The number of phenols is 1. The smallest absolute Gasteiger partial charge is 0.303 e. The molecule has 0 saturated carbocycles. The van der Waals surface area contributed by atoms with E-state index in [1.165, 1.54) is 0 Å². The van der Waals surface area contributed by atoms with Gasteiger partial charge < -0.3 is 10.2 Å². The number of benzene rings is 2. The van der Waals surface area contributed by atoms with Crippen molar-refractivity contribution in [3.05, 3.63) is 42.0 Å². The molecule has 102 valence electrons. The summed E-state index contributed by atoms with van der Waals surface area (Å²) < 4.78 is 0. The van der Waals surface area contributed by atoms with Crippen molar-refractivity contribution in [1.29, 1.82) is 0 Å². The molecule has 3 heteroatoms. The van der Waals surface area contributed by atoms with Gasteiger partial charge in [-0.25, -0.2) is 0 Å². The van der Waals surface area contributed by atoms with E-state index in [1.807, 2.05) is 36.4 Å². The van der Waals surface area contributed by atoms with Crippen molar-refractivity contribution < 1.29 is 15.0 Å². The van der Waals surface area contributed by atoms with Gasteiger partial charge >= 0.3 is 5.97 Å². The second-order valence-electron chi connectivity index (χ2n) is 4.57. The van der Waals surface area contributed by atoms with Gasteiger partial charge in [0.2, 0.25) is 0 Å². The zero-order valence-electron chi connectivity index (χ0n) is 11.1. The van der Waals surface area contributed by atoms with Gasteiger partial charge in [0.1, 0.15) is 5.75 Å². The summed E-state index contributed by atoms with van der Waals surface area (Å²) in [5, 5.41) is 20.5. The van der Waals surface area contributed by atoms with Gasteiger partial charge in [-0.15, -0.1) is 5.92 Å². The van der Waals surface area contributed by atoms with E-state index in [0.29, 0.717) is 19.3 Å². The van der Waals surface area contributed by atoms with Crippen LogP contribution in [0.5, 0.6) is 5.75 Å².